The Balaban J connectivity index is 1.99. The van der Waals surface area contributed by atoms with Crippen LogP contribution >= 0.6 is 0 Å². The zero-order chi connectivity index (χ0) is 17.7. The van der Waals surface area contributed by atoms with Gasteiger partial charge in [-0.05, 0) is 30.3 Å². The van der Waals surface area contributed by atoms with Crippen LogP contribution in [0.4, 0.5) is 27.5 Å². The summed E-state index contributed by atoms with van der Waals surface area (Å²) in [6.07, 6.45) is 1.03. The van der Waals surface area contributed by atoms with Crippen LogP contribution in [0, 0.1) is 10.1 Å². The Morgan fingerprint density at radius 2 is 1.58 bits per heavy atom. The normalized spacial score (nSPS) is 10.7. The van der Waals surface area contributed by atoms with Crippen molar-refractivity contribution in [3.8, 4) is 0 Å². The van der Waals surface area contributed by atoms with Crippen molar-refractivity contribution in [1.82, 2.24) is 0 Å². The van der Waals surface area contributed by atoms with E-state index in [1.54, 1.807) is 0 Å². The van der Waals surface area contributed by atoms with Crippen LogP contribution in [-0.4, -0.2) is 25.6 Å². The van der Waals surface area contributed by atoms with Gasteiger partial charge in [0.15, 0.2) is 0 Å². The molecule has 2 amide bonds. The molecule has 0 heterocycles. The van der Waals surface area contributed by atoms with Crippen LogP contribution in [0.15, 0.2) is 48.5 Å². The molecule has 0 aliphatic rings. The maximum Gasteiger partial charge on any atom is 0.323 e. The monoisotopic (exact) mass is 350 g/mol. The summed E-state index contributed by atoms with van der Waals surface area (Å²) >= 11 is 0. The molecule has 10 heteroatoms. The summed E-state index contributed by atoms with van der Waals surface area (Å²) in [6.45, 7) is 0. The van der Waals surface area contributed by atoms with Crippen molar-refractivity contribution in [2.45, 2.75) is 0 Å². The zero-order valence-corrected chi connectivity index (χ0v) is 13.3. The zero-order valence-electron chi connectivity index (χ0n) is 12.5. The summed E-state index contributed by atoms with van der Waals surface area (Å²) in [5, 5.41) is 15.7. The topological polar surface area (TPSA) is 130 Å². The van der Waals surface area contributed by atoms with Gasteiger partial charge in [0.25, 0.3) is 5.69 Å². The molecule has 24 heavy (non-hydrogen) atoms. The van der Waals surface area contributed by atoms with E-state index < -0.39 is 21.0 Å². The van der Waals surface area contributed by atoms with Gasteiger partial charge >= 0.3 is 6.03 Å². The second-order valence-corrected chi connectivity index (χ2v) is 6.59. The lowest BCUT2D eigenvalue weighted by Gasteiger charge is -2.09. The number of carbonyl (C=O) groups excluding carboxylic acids is 1. The second kappa shape index (κ2) is 6.96. The van der Waals surface area contributed by atoms with Crippen LogP contribution in [0.5, 0.6) is 0 Å². The van der Waals surface area contributed by atoms with Gasteiger partial charge in [0, 0.05) is 29.2 Å². The summed E-state index contributed by atoms with van der Waals surface area (Å²) in [7, 11) is -3.37. The van der Waals surface area contributed by atoms with Crippen LogP contribution in [0.2, 0.25) is 0 Å². The molecule has 2 aromatic carbocycles. The summed E-state index contributed by atoms with van der Waals surface area (Å²) in [5.41, 5.74) is 0.931. The standard InChI is InChI=1S/C14H14N4O5S/c1-24(22,23)17-11-7-5-10(6-8-11)15-14(19)16-12-3-2-4-13(9-12)18(20)21/h2-9,17H,1H3,(H2,15,16,19). The maximum absolute atomic E-state index is 11.9. The molecule has 2 rings (SSSR count). The largest absolute Gasteiger partial charge is 0.323 e. The number of nitro benzene ring substituents is 1. The van der Waals surface area contributed by atoms with Crippen LogP contribution in [0.1, 0.15) is 0 Å². The number of benzene rings is 2. The molecule has 0 fully saturated rings. The molecule has 3 N–H and O–H groups in total. The van der Waals surface area contributed by atoms with Crippen molar-refractivity contribution >= 4 is 38.8 Å². The van der Waals surface area contributed by atoms with Gasteiger partial charge in [0.2, 0.25) is 10.0 Å². The quantitative estimate of drug-likeness (QED) is 0.563. The first-order valence-corrected chi connectivity index (χ1v) is 8.52. The Kier molecular flexibility index (Phi) is 4.99. The number of nitro groups is 1. The lowest BCUT2D eigenvalue weighted by Crippen LogP contribution is -2.19. The molecule has 0 aliphatic carbocycles. The fraction of sp³-hybridized carbons (Fsp3) is 0.0714. The average molecular weight is 350 g/mol. The van der Waals surface area contributed by atoms with Gasteiger partial charge in [0.1, 0.15) is 0 Å². The Hall–Kier alpha value is -3.14. The van der Waals surface area contributed by atoms with Crippen molar-refractivity contribution in [2.24, 2.45) is 0 Å². The van der Waals surface area contributed by atoms with E-state index >= 15 is 0 Å². The average Bonchev–Trinajstić information content (AvgIpc) is 2.48. The summed E-state index contributed by atoms with van der Waals surface area (Å²) in [6, 6.07) is 11.0. The van der Waals surface area contributed by atoms with E-state index in [4.69, 9.17) is 0 Å². The number of hydrogen-bond donors (Lipinski definition) is 3. The molecule has 0 bridgehead atoms. The van der Waals surface area contributed by atoms with Crippen LogP contribution in [-0.2, 0) is 10.0 Å². The van der Waals surface area contributed by atoms with Gasteiger partial charge in [-0.2, -0.15) is 0 Å². The number of amides is 2. The van der Waals surface area contributed by atoms with Crippen LogP contribution in [0.25, 0.3) is 0 Å². The minimum absolute atomic E-state index is 0.135. The number of anilines is 3. The fourth-order valence-corrected chi connectivity index (χ4v) is 2.39. The first-order valence-electron chi connectivity index (χ1n) is 6.63. The molecule has 0 aliphatic heterocycles. The molecule has 2 aromatic rings. The molecular formula is C14H14N4O5S. The Morgan fingerprint density at radius 3 is 2.17 bits per heavy atom. The van der Waals surface area contributed by atoms with Crippen molar-refractivity contribution in [3.63, 3.8) is 0 Å². The fourth-order valence-electron chi connectivity index (χ4n) is 1.83. The van der Waals surface area contributed by atoms with Crippen LogP contribution < -0.4 is 15.4 Å². The minimum atomic E-state index is -3.37. The summed E-state index contributed by atoms with van der Waals surface area (Å²) in [4.78, 5) is 22.0. The first kappa shape index (κ1) is 17.2. The molecule has 0 saturated heterocycles. The number of nitrogens with zero attached hydrogens (tertiary/aromatic N) is 1. The van der Waals surface area contributed by atoms with E-state index in [0.717, 1.165) is 6.26 Å². The van der Waals surface area contributed by atoms with E-state index in [2.05, 4.69) is 15.4 Å². The highest BCUT2D eigenvalue weighted by Crippen LogP contribution is 2.18. The molecule has 0 atom stereocenters. The van der Waals surface area contributed by atoms with Gasteiger partial charge in [-0.1, -0.05) is 6.07 Å². The van der Waals surface area contributed by atoms with E-state index in [-0.39, 0.29) is 11.4 Å². The van der Waals surface area contributed by atoms with Crippen molar-refractivity contribution < 1.29 is 18.1 Å². The Morgan fingerprint density at radius 1 is 1.00 bits per heavy atom. The van der Waals surface area contributed by atoms with Crippen LogP contribution in [0.3, 0.4) is 0 Å². The predicted octanol–water partition coefficient (Wildman–Crippen LogP) is 2.61. The number of rotatable bonds is 5. The van der Waals surface area contributed by atoms with Gasteiger partial charge < -0.3 is 10.6 Å². The van der Waals surface area contributed by atoms with Crippen molar-refractivity contribution in [1.29, 1.82) is 0 Å². The number of carbonyl (C=O) groups is 1. The van der Waals surface area contributed by atoms with Gasteiger partial charge in [0.05, 0.1) is 11.2 Å². The smallest absolute Gasteiger partial charge is 0.308 e. The Labute approximate surface area is 137 Å². The first-order chi connectivity index (χ1) is 11.2. The van der Waals surface area contributed by atoms with E-state index in [0.29, 0.717) is 11.4 Å². The number of non-ortho nitro benzene ring substituents is 1. The predicted molar refractivity (Wildman–Crippen MR) is 90.6 cm³/mol. The third-order valence-corrected chi connectivity index (χ3v) is 3.37. The highest BCUT2D eigenvalue weighted by Gasteiger charge is 2.08. The molecule has 0 aromatic heterocycles. The number of urea groups is 1. The van der Waals surface area contributed by atoms with E-state index in [1.165, 1.54) is 48.5 Å². The summed E-state index contributed by atoms with van der Waals surface area (Å²) < 4.78 is 24.5. The molecular weight excluding hydrogens is 336 g/mol. The number of hydrogen-bond acceptors (Lipinski definition) is 5. The maximum atomic E-state index is 11.9. The summed E-state index contributed by atoms with van der Waals surface area (Å²) in [5.74, 6) is 0. The van der Waals surface area contributed by atoms with Crippen molar-refractivity contribution in [3.05, 3.63) is 58.6 Å². The lowest BCUT2D eigenvalue weighted by molar-refractivity contribution is -0.384. The highest BCUT2D eigenvalue weighted by atomic mass is 32.2. The van der Waals surface area contributed by atoms with Gasteiger partial charge in [-0.25, -0.2) is 13.2 Å². The number of sulfonamides is 1. The SMILES string of the molecule is CS(=O)(=O)Nc1ccc(NC(=O)Nc2cccc([N+](=O)[O-])c2)cc1. The third kappa shape index (κ3) is 5.25. The molecule has 0 saturated carbocycles. The van der Waals surface area contributed by atoms with E-state index in [1.807, 2.05) is 0 Å². The van der Waals surface area contributed by atoms with Gasteiger partial charge in [-0.3, -0.25) is 14.8 Å². The number of nitrogens with one attached hydrogen (secondary N) is 3. The lowest BCUT2D eigenvalue weighted by atomic mass is 10.3. The van der Waals surface area contributed by atoms with Gasteiger partial charge in [-0.15, -0.1) is 0 Å². The minimum Gasteiger partial charge on any atom is -0.308 e. The molecule has 0 radical (unpaired) electrons. The Bertz CT molecular complexity index is 865. The second-order valence-electron chi connectivity index (χ2n) is 4.84. The highest BCUT2D eigenvalue weighted by molar-refractivity contribution is 7.92. The molecule has 0 spiro atoms. The molecule has 126 valence electrons. The van der Waals surface area contributed by atoms with E-state index in [9.17, 15) is 23.3 Å². The third-order valence-electron chi connectivity index (χ3n) is 2.76. The molecule has 0 unspecified atom stereocenters. The molecule has 9 nitrogen and oxygen atoms in total. The van der Waals surface area contributed by atoms with Crippen molar-refractivity contribution in [2.75, 3.05) is 21.6 Å².